The Hall–Kier alpha value is -2.48. The van der Waals surface area contributed by atoms with Gasteiger partial charge in [-0.3, -0.25) is 10.1 Å². The summed E-state index contributed by atoms with van der Waals surface area (Å²) in [5.74, 6) is -2.37. The van der Waals surface area contributed by atoms with E-state index in [-0.39, 0.29) is 10.8 Å². The fraction of sp³-hybridized carbons (Fsp3) is 0.267. The highest BCUT2D eigenvalue weighted by atomic mass is 32.1. The minimum absolute atomic E-state index is 0.169. The molecule has 1 aromatic heterocycles. The Labute approximate surface area is 135 Å². The molecule has 122 valence electrons. The van der Waals surface area contributed by atoms with Crippen molar-refractivity contribution in [1.29, 1.82) is 0 Å². The lowest BCUT2D eigenvalue weighted by Crippen LogP contribution is -2.45. The van der Waals surface area contributed by atoms with E-state index in [1.165, 1.54) is 12.1 Å². The van der Waals surface area contributed by atoms with Crippen molar-refractivity contribution in [2.45, 2.75) is 20.0 Å². The number of ether oxygens (including phenoxy) is 1. The minimum atomic E-state index is -1.18. The molecular weight excluding hydrogens is 323 g/mol. The van der Waals surface area contributed by atoms with E-state index in [0.29, 0.717) is 10.1 Å². The third kappa shape index (κ3) is 3.84. The first-order valence-electron chi connectivity index (χ1n) is 6.79. The van der Waals surface area contributed by atoms with Gasteiger partial charge in [-0.2, -0.15) is 0 Å². The van der Waals surface area contributed by atoms with Gasteiger partial charge < -0.3 is 10.5 Å². The van der Waals surface area contributed by atoms with Gasteiger partial charge >= 0.3 is 12.0 Å². The fourth-order valence-electron chi connectivity index (χ4n) is 1.98. The molecule has 0 radical (unpaired) electrons. The highest BCUT2D eigenvalue weighted by molar-refractivity contribution is 7.20. The van der Waals surface area contributed by atoms with Crippen LogP contribution in [0.25, 0.3) is 10.1 Å². The quantitative estimate of drug-likeness (QED) is 0.836. The lowest BCUT2D eigenvalue weighted by atomic mass is 10.1. The van der Waals surface area contributed by atoms with Gasteiger partial charge in [0.25, 0.3) is 5.91 Å². The van der Waals surface area contributed by atoms with E-state index in [0.717, 1.165) is 11.3 Å². The predicted octanol–water partition coefficient (Wildman–Crippen LogP) is 2.42. The summed E-state index contributed by atoms with van der Waals surface area (Å²) in [6.07, 6.45) is -1.18. The van der Waals surface area contributed by atoms with Crippen molar-refractivity contribution < 1.29 is 23.5 Å². The van der Waals surface area contributed by atoms with Crippen molar-refractivity contribution in [3.8, 4) is 0 Å². The number of carbonyl (C=O) groups is 3. The lowest BCUT2D eigenvalue weighted by Gasteiger charge is -2.19. The second-order valence-corrected chi connectivity index (χ2v) is 6.27. The first kappa shape index (κ1) is 16.9. The second-order valence-electron chi connectivity index (χ2n) is 5.19. The van der Waals surface area contributed by atoms with Crippen LogP contribution < -0.4 is 11.1 Å². The Kier molecular flexibility index (Phi) is 4.95. The molecular formula is C15H15FN2O4S. The van der Waals surface area contributed by atoms with Crippen molar-refractivity contribution in [2.24, 2.45) is 11.7 Å². The highest BCUT2D eigenvalue weighted by Gasteiger charge is 2.28. The standard InChI is InChI=1S/C15H15FN2O4S/c1-7(2)12(13(19)18-15(17)21)22-14(20)11-6-8-9(16)4-3-5-10(8)23-11/h3-7,12H,1-2H3,(H3,17,18,19,21)/t12-/m0/s1. The molecule has 3 N–H and O–H groups in total. The van der Waals surface area contributed by atoms with E-state index in [4.69, 9.17) is 10.5 Å². The molecule has 0 spiro atoms. The molecule has 1 aromatic carbocycles. The largest absolute Gasteiger partial charge is 0.448 e. The van der Waals surface area contributed by atoms with Gasteiger partial charge in [0.05, 0.1) is 0 Å². The molecule has 0 unspecified atom stereocenters. The molecule has 0 aliphatic heterocycles. The number of carbonyl (C=O) groups excluding carboxylic acids is 3. The van der Waals surface area contributed by atoms with E-state index in [1.807, 2.05) is 5.32 Å². The van der Waals surface area contributed by atoms with Gasteiger partial charge in [-0.25, -0.2) is 14.0 Å². The van der Waals surface area contributed by atoms with Gasteiger partial charge in [0.1, 0.15) is 10.7 Å². The van der Waals surface area contributed by atoms with Crippen LogP contribution in [0.2, 0.25) is 0 Å². The molecule has 0 saturated heterocycles. The van der Waals surface area contributed by atoms with Crippen LogP contribution in [0.4, 0.5) is 9.18 Å². The van der Waals surface area contributed by atoms with Gasteiger partial charge in [0.15, 0.2) is 6.10 Å². The average Bonchev–Trinajstić information content (AvgIpc) is 2.88. The SMILES string of the molecule is CC(C)[C@H](OC(=O)c1cc2c(F)cccc2s1)C(=O)NC(N)=O. The van der Waals surface area contributed by atoms with Crippen LogP contribution in [0.3, 0.4) is 0 Å². The van der Waals surface area contributed by atoms with Crippen LogP contribution in [0, 0.1) is 11.7 Å². The number of nitrogens with one attached hydrogen (secondary N) is 1. The summed E-state index contributed by atoms with van der Waals surface area (Å²) in [6, 6.07) is 4.86. The fourth-order valence-corrected chi connectivity index (χ4v) is 2.94. The number of hydrogen-bond donors (Lipinski definition) is 2. The normalized spacial score (nSPS) is 12.2. The topological polar surface area (TPSA) is 98.5 Å². The number of thiophene rings is 1. The van der Waals surface area contributed by atoms with Gasteiger partial charge in [0, 0.05) is 10.1 Å². The first-order chi connectivity index (χ1) is 10.8. The number of urea groups is 1. The number of primary amides is 1. The van der Waals surface area contributed by atoms with E-state index >= 15 is 0 Å². The maximum atomic E-state index is 13.7. The zero-order valence-electron chi connectivity index (χ0n) is 12.5. The van der Waals surface area contributed by atoms with E-state index in [1.54, 1.807) is 26.0 Å². The van der Waals surface area contributed by atoms with Crippen LogP contribution in [0.15, 0.2) is 24.3 Å². The Morgan fingerprint density at radius 3 is 2.57 bits per heavy atom. The number of rotatable bonds is 4. The summed E-state index contributed by atoms with van der Waals surface area (Å²) in [6.45, 7) is 3.31. The van der Waals surface area contributed by atoms with E-state index < -0.39 is 29.8 Å². The van der Waals surface area contributed by atoms with Crippen molar-refractivity contribution in [3.05, 3.63) is 35.0 Å². The summed E-state index contributed by atoms with van der Waals surface area (Å²) in [7, 11) is 0. The number of halogens is 1. The van der Waals surface area contributed by atoms with E-state index in [9.17, 15) is 18.8 Å². The number of hydrogen-bond acceptors (Lipinski definition) is 5. The van der Waals surface area contributed by atoms with Crippen LogP contribution >= 0.6 is 11.3 Å². The van der Waals surface area contributed by atoms with Gasteiger partial charge in [-0.1, -0.05) is 19.9 Å². The molecule has 0 bridgehead atoms. The minimum Gasteiger partial charge on any atom is -0.448 e. The molecule has 0 fully saturated rings. The molecule has 1 atom stereocenters. The number of amides is 3. The molecule has 0 aliphatic rings. The summed E-state index contributed by atoms with van der Waals surface area (Å²) < 4.78 is 19.4. The molecule has 8 heteroatoms. The maximum Gasteiger partial charge on any atom is 0.349 e. The molecule has 23 heavy (non-hydrogen) atoms. The molecule has 6 nitrogen and oxygen atoms in total. The Balaban J connectivity index is 2.22. The number of fused-ring (bicyclic) bond motifs is 1. The van der Waals surface area contributed by atoms with Gasteiger partial charge in [0.2, 0.25) is 0 Å². The predicted molar refractivity (Wildman–Crippen MR) is 83.6 cm³/mol. The summed E-state index contributed by atoms with van der Waals surface area (Å²) >= 11 is 1.06. The van der Waals surface area contributed by atoms with Crippen LogP contribution in [0.1, 0.15) is 23.5 Å². The van der Waals surface area contributed by atoms with Gasteiger partial charge in [-0.05, 0) is 24.1 Å². The molecule has 2 aromatic rings. The number of esters is 1. The van der Waals surface area contributed by atoms with Crippen LogP contribution in [0.5, 0.6) is 0 Å². The zero-order valence-corrected chi connectivity index (χ0v) is 13.3. The Morgan fingerprint density at radius 1 is 1.30 bits per heavy atom. The van der Waals surface area contributed by atoms with Crippen molar-refractivity contribution >= 4 is 39.3 Å². The Morgan fingerprint density at radius 2 is 2.00 bits per heavy atom. The third-order valence-corrected chi connectivity index (χ3v) is 4.13. The molecule has 0 aliphatic carbocycles. The first-order valence-corrected chi connectivity index (χ1v) is 7.60. The number of benzene rings is 1. The van der Waals surface area contributed by atoms with Crippen molar-refractivity contribution in [2.75, 3.05) is 0 Å². The highest BCUT2D eigenvalue weighted by Crippen LogP contribution is 2.28. The van der Waals surface area contributed by atoms with Gasteiger partial charge in [-0.15, -0.1) is 11.3 Å². The molecule has 2 rings (SSSR count). The summed E-state index contributed by atoms with van der Waals surface area (Å²) in [5, 5.41) is 2.20. The van der Waals surface area contributed by atoms with E-state index in [2.05, 4.69) is 0 Å². The van der Waals surface area contributed by atoms with Crippen molar-refractivity contribution in [3.63, 3.8) is 0 Å². The maximum absolute atomic E-state index is 13.7. The summed E-state index contributed by atoms with van der Waals surface area (Å²) in [4.78, 5) is 35.0. The smallest absolute Gasteiger partial charge is 0.349 e. The monoisotopic (exact) mass is 338 g/mol. The zero-order chi connectivity index (χ0) is 17.1. The average molecular weight is 338 g/mol. The number of imide groups is 1. The number of nitrogens with two attached hydrogens (primary N) is 1. The lowest BCUT2D eigenvalue weighted by molar-refractivity contribution is -0.130. The van der Waals surface area contributed by atoms with Crippen LogP contribution in [-0.2, 0) is 9.53 Å². The van der Waals surface area contributed by atoms with Crippen molar-refractivity contribution in [1.82, 2.24) is 5.32 Å². The Bertz CT molecular complexity index is 772. The summed E-state index contributed by atoms with van der Waals surface area (Å²) in [5.41, 5.74) is 4.89. The van der Waals surface area contributed by atoms with Crippen LogP contribution in [-0.4, -0.2) is 24.0 Å². The molecule has 0 saturated carbocycles. The molecule has 3 amide bonds. The molecule has 1 heterocycles. The third-order valence-electron chi connectivity index (χ3n) is 3.05. The second kappa shape index (κ2) is 6.74.